The van der Waals surface area contributed by atoms with Crippen LogP contribution >= 0.6 is 0 Å². The van der Waals surface area contributed by atoms with E-state index in [4.69, 9.17) is 27.4 Å². The van der Waals surface area contributed by atoms with E-state index >= 15 is 0 Å². The average molecular weight is 389 g/mol. The van der Waals surface area contributed by atoms with Gasteiger partial charge in [-0.25, -0.2) is 4.99 Å². The molecule has 0 aliphatic carbocycles. The Morgan fingerprint density at radius 3 is 1.79 bits per heavy atom. The van der Waals surface area contributed by atoms with Crippen molar-refractivity contribution >= 4 is 35.9 Å². The van der Waals surface area contributed by atoms with Gasteiger partial charge in [-0.05, 0) is 11.6 Å². The predicted octanol–water partition coefficient (Wildman–Crippen LogP) is 1.06. The molecule has 12 heteroatoms. The van der Waals surface area contributed by atoms with E-state index in [2.05, 4.69) is 34.9 Å². The highest BCUT2D eigenvalue weighted by Gasteiger charge is 2.10. The third kappa shape index (κ3) is 4.05. The van der Waals surface area contributed by atoms with Gasteiger partial charge in [0.2, 0.25) is 35.5 Å². The van der Waals surface area contributed by atoms with E-state index in [0.29, 0.717) is 17.5 Å². The number of aromatic nitrogens is 6. The number of hydrogen-bond acceptors (Lipinski definition) is 12. The molecule has 0 unspecified atom stereocenters. The fraction of sp³-hybridized carbons (Fsp3) is 0. The van der Waals surface area contributed by atoms with Crippen molar-refractivity contribution < 1.29 is 4.42 Å². The first-order valence-corrected chi connectivity index (χ1v) is 8.25. The number of aliphatic imine (C=N–C) groups is 1. The fourth-order valence-electron chi connectivity index (χ4n) is 2.43. The van der Waals surface area contributed by atoms with Gasteiger partial charge in [-0.15, -0.1) is 0 Å². The number of hydrogen-bond donors (Lipinski definition) is 4. The molecule has 0 saturated carbocycles. The van der Waals surface area contributed by atoms with Crippen molar-refractivity contribution in [2.75, 3.05) is 22.9 Å². The monoisotopic (exact) mass is 389 g/mol. The van der Waals surface area contributed by atoms with Crippen LogP contribution in [0, 0.1) is 0 Å². The summed E-state index contributed by atoms with van der Waals surface area (Å²) in [6, 6.07) is 10.7. The topological polar surface area (TPSA) is 207 Å². The van der Waals surface area contributed by atoms with Gasteiger partial charge in [0, 0.05) is 17.8 Å². The van der Waals surface area contributed by atoms with Crippen LogP contribution in [0.4, 0.5) is 29.7 Å². The lowest BCUT2D eigenvalue weighted by Crippen LogP contribution is -2.04. The van der Waals surface area contributed by atoms with E-state index in [1.54, 1.807) is 18.3 Å². The zero-order valence-corrected chi connectivity index (χ0v) is 14.9. The molecule has 144 valence electrons. The minimum Gasteiger partial charge on any atom is -0.435 e. The average Bonchev–Trinajstić information content (AvgIpc) is 3.14. The Morgan fingerprint density at radius 2 is 1.21 bits per heavy atom. The zero-order valence-electron chi connectivity index (χ0n) is 14.9. The molecule has 3 aromatic heterocycles. The minimum atomic E-state index is 0.00994. The largest absolute Gasteiger partial charge is 0.435 e. The maximum absolute atomic E-state index is 5.60. The highest BCUT2D eigenvalue weighted by molar-refractivity contribution is 5.82. The smallest absolute Gasteiger partial charge is 0.225 e. The lowest BCUT2D eigenvalue weighted by atomic mass is 10.1. The molecular weight excluding hydrogens is 374 g/mol. The first-order valence-electron chi connectivity index (χ1n) is 8.25. The Kier molecular flexibility index (Phi) is 4.41. The number of furan rings is 1. The van der Waals surface area contributed by atoms with Crippen LogP contribution in [0.1, 0.15) is 5.56 Å². The Bertz CT molecular complexity index is 1160. The molecule has 0 radical (unpaired) electrons. The van der Waals surface area contributed by atoms with Gasteiger partial charge in [0.1, 0.15) is 0 Å². The molecule has 29 heavy (non-hydrogen) atoms. The van der Waals surface area contributed by atoms with Crippen LogP contribution in [0.5, 0.6) is 0 Å². The zero-order chi connectivity index (χ0) is 20.4. The van der Waals surface area contributed by atoms with Crippen LogP contribution in [0.3, 0.4) is 0 Å². The number of anilines is 4. The number of benzene rings is 1. The summed E-state index contributed by atoms with van der Waals surface area (Å²) in [5.41, 5.74) is 23.9. The SMILES string of the molecule is Nc1nc(N)nc(-c2ccc(C=Nc3ccc(-c4nc(N)nc(N)n4)o3)cc2)n1. The number of nitrogen functional groups attached to an aromatic ring is 4. The lowest BCUT2D eigenvalue weighted by molar-refractivity contribution is 0.587. The van der Waals surface area contributed by atoms with Crippen molar-refractivity contribution in [1.29, 1.82) is 0 Å². The van der Waals surface area contributed by atoms with Crippen molar-refractivity contribution in [3.8, 4) is 23.0 Å². The van der Waals surface area contributed by atoms with Crippen LogP contribution in [0.15, 0.2) is 45.8 Å². The van der Waals surface area contributed by atoms with Crippen LogP contribution in [-0.2, 0) is 0 Å². The minimum absolute atomic E-state index is 0.00994. The van der Waals surface area contributed by atoms with Gasteiger partial charge in [-0.1, -0.05) is 24.3 Å². The number of rotatable bonds is 4. The van der Waals surface area contributed by atoms with Crippen molar-refractivity contribution in [3.05, 3.63) is 42.0 Å². The Labute approximate surface area is 163 Å². The number of nitrogens with zero attached hydrogens (tertiary/aromatic N) is 7. The van der Waals surface area contributed by atoms with Crippen molar-refractivity contribution in [3.63, 3.8) is 0 Å². The van der Waals surface area contributed by atoms with Gasteiger partial charge in [0.25, 0.3) is 0 Å². The van der Waals surface area contributed by atoms with E-state index < -0.39 is 0 Å². The van der Waals surface area contributed by atoms with Gasteiger partial charge in [0.05, 0.1) is 0 Å². The molecule has 8 N–H and O–H groups in total. The van der Waals surface area contributed by atoms with Gasteiger partial charge in [-0.3, -0.25) is 0 Å². The van der Waals surface area contributed by atoms with Gasteiger partial charge in [0.15, 0.2) is 11.6 Å². The summed E-state index contributed by atoms with van der Waals surface area (Å²) < 4.78 is 5.60. The second kappa shape index (κ2) is 7.19. The molecule has 0 saturated heterocycles. The maximum Gasteiger partial charge on any atom is 0.225 e. The number of nitrogens with two attached hydrogens (primary N) is 4. The van der Waals surface area contributed by atoms with Crippen molar-refractivity contribution in [2.24, 2.45) is 4.99 Å². The molecule has 0 amide bonds. The molecule has 0 fully saturated rings. The van der Waals surface area contributed by atoms with Crippen LogP contribution in [0.25, 0.3) is 23.0 Å². The molecule has 1 aromatic carbocycles. The standard InChI is InChI=1S/C17H15N11O/c18-14-23-12(24-15(19)27-14)9-3-1-8(2-4-9)7-22-11-6-5-10(29-11)13-25-16(20)28-17(21)26-13/h1-7H,(H4,18,19,23,24,27)(H4,20,21,25,26,28). The highest BCUT2D eigenvalue weighted by atomic mass is 16.4. The third-order valence-electron chi connectivity index (χ3n) is 3.66. The normalized spacial score (nSPS) is 11.2. The third-order valence-corrected chi connectivity index (χ3v) is 3.66. The van der Waals surface area contributed by atoms with Gasteiger partial charge < -0.3 is 27.4 Å². The second-order valence-electron chi connectivity index (χ2n) is 5.77. The van der Waals surface area contributed by atoms with Gasteiger partial charge in [-0.2, -0.15) is 29.9 Å². The van der Waals surface area contributed by atoms with E-state index in [0.717, 1.165) is 11.1 Å². The summed E-state index contributed by atoms with van der Waals surface area (Å²) in [7, 11) is 0. The van der Waals surface area contributed by atoms with Crippen LogP contribution in [-0.4, -0.2) is 36.1 Å². The summed E-state index contributed by atoms with van der Waals surface area (Å²) in [6.07, 6.45) is 1.64. The summed E-state index contributed by atoms with van der Waals surface area (Å²) in [5.74, 6) is 1.51. The molecule has 4 rings (SSSR count). The molecule has 12 nitrogen and oxygen atoms in total. The van der Waals surface area contributed by atoms with Crippen molar-refractivity contribution in [2.45, 2.75) is 0 Å². The molecule has 0 atom stereocenters. The Hall–Kier alpha value is -4.61. The lowest BCUT2D eigenvalue weighted by Gasteiger charge is -2.02. The summed E-state index contributed by atoms with van der Waals surface area (Å²) in [4.78, 5) is 27.9. The summed E-state index contributed by atoms with van der Waals surface area (Å²) in [5, 5.41) is 0. The molecule has 0 spiro atoms. The molecule has 4 aromatic rings. The first-order chi connectivity index (χ1) is 14.0. The highest BCUT2D eigenvalue weighted by Crippen LogP contribution is 2.24. The molecule has 0 aliphatic heterocycles. The summed E-state index contributed by atoms with van der Waals surface area (Å²) >= 11 is 0. The molecular formula is C17H15N11O. The Balaban J connectivity index is 1.52. The maximum atomic E-state index is 5.60. The molecule has 3 heterocycles. The van der Waals surface area contributed by atoms with Gasteiger partial charge >= 0.3 is 0 Å². The van der Waals surface area contributed by atoms with Crippen molar-refractivity contribution in [1.82, 2.24) is 29.9 Å². The van der Waals surface area contributed by atoms with Crippen LogP contribution in [0.2, 0.25) is 0 Å². The Morgan fingerprint density at radius 1 is 0.655 bits per heavy atom. The van der Waals surface area contributed by atoms with E-state index in [1.165, 1.54) is 0 Å². The molecule has 0 aliphatic rings. The fourth-order valence-corrected chi connectivity index (χ4v) is 2.43. The quantitative estimate of drug-likeness (QED) is 0.363. The summed E-state index contributed by atoms with van der Waals surface area (Å²) in [6.45, 7) is 0. The predicted molar refractivity (Wildman–Crippen MR) is 108 cm³/mol. The molecule has 0 bridgehead atoms. The van der Waals surface area contributed by atoms with E-state index in [9.17, 15) is 0 Å². The van der Waals surface area contributed by atoms with Crippen LogP contribution < -0.4 is 22.9 Å². The second-order valence-corrected chi connectivity index (χ2v) is 5.77. The van der Waals surface area contributed by atoms with E-state index in [1.807, 2.05) is 24.3 Å². The first kappa shape index (κ1) is 17.8. The van der Waals surface area contributed by atoms with E-state index in [-0.39, 0.29) is 29.6 Å².